The smallest absolute Gasteiger partial charge is 0.394 e. The summed E-state index contributed by atoms with van der Waals surface area (Å²) >= 11 is 0.998. The summed E-state index contributed by atoms with van der Waals surface area (Å²) in [6.45, 7) is 0.167. The zero-order valence-electron chi connectivity index (χ0n) is 11.0. The highest BCUT2D eigenvalue weighted by molar-refractivity contribution is 7.17. The van der Waals surface area contributed by atoms with Crippen molar-refractivity contribution in [2.24, 2.45) is 0 Å². The van der Waals surface area contributed by atoms with Crippen molar-refractivity contribution in [3.05, 3.63) is 34.7 Å². The lowest BCUT2D eigenvalue weighted by molar-refractivity contribution is -0.147. The van der Waals surface area contributed by atoms with Crippen LogP contribution in [0.4, 0.5) is 5.00 Å². The fraction of sp³-hybridized carbons (Fsp3) is 0.0714. The molecule has 0 atom stereocenters. The summed E-state index contributed by atoms with van der Waals surface area (Å²) in [6, 6.07) is 6.95. The van der Waals surface area contributed by atoms with E-state index in [2.05, 4.69) is 5.32 Å². The van der Waals surface area contributed by atoms with Gasteiger partial charge in [0.05, 0.1) is 4.88 Å². The van der Waals surface area contributed by atoms with E-state index in [0.29, 0.717) is 21.8 Å². The second-order valence-electron chi connectivity index (χ2n) is 4.45. The number of para-hydroxylation sites is 1. The number of carboxylic acid groups (broad SMARTS) is 2. The Bertz CT molecular complexity index is 810. The molecule has 7 nitrogen and oxygen atoms in total. The third kappa shape index (κ3) is 2.19. The summed E-state index contributed by atoms with van der Waals surface area (Å²) in [5, 5.41) is 20.2. The number of anilines is 1. The Kier molecular flexibility index (Phi) is 3.30. The van der Waals surface area contributed by atoms with E-state index < -0.39 is 17.8 Å². The molecule has 0 aliphatic carbocycles. The van der Waals surface area contributed by atoms with Crippen LogP contribution in [0.25, 0.3) is 11.1 Å². The molecule has 112 valence electrons. The van der Waals surface area contributed by atoms with E-state index in [-0.39, 0.29) is 17.2 Å². The fourth-order valence-corrected chi connectivity index (χ4v) is 3.37. The van der Waals surface area contributed by atoms with Crippen LogP contribution in [0.5, 0.6) is 5.75 Å². The molecule has 1 aromatic heterocycles. The van der Waals surface area contributed by atoms with Gasteiger partial charge < -0.3 is 20.3 Å². The first-order chi connectivity index (χ1) is 10.5. The highest BCUT2D eigenvalue weighted by Gasteiger charge is 2.30. The van der Waals surface area contributed by atoms with Gasteiger partial charge in [-0.3, -0.25) is 4.79 Å². The number of aliphatic carboxylic acids is 1. The quantitative estimate of drug-likeness (QED) is 0.730. The number of carboxylic acids is 2. The van der Waals surface area contributed by atoms with Crippen LogP contribution in [0.2, 0.25) is 0 Å². The largest absolute Gasteiger partial charge is 0.487 e. The second kappa shape index (κ2) is 5.15. The normalized spacial score (nSPS) is 11.8. The lowest BCUT2D eigenvalue weighted by atomic mass is 9.98. The van der Waals surface area contributed by atoms with E-state index in [0.717, 1.165) is 11.3 Å². The minimum Gasteiger partial charge on any atom is -0.487 e. The van der Waals surface area contributed by atoms with E-state index in [9.17, 15) is 19.5 Å². The molecule has 0 fully saturated rings. The number of fused-ring (bicyclic) bond motifs is 3. The first-order valence-corrected chi connectivity index (χ1v) is 6.96. The van der Waals surface area contributed by atoms with Crippen molar-refractivity contribution in [3.63, 3.8) is 0 Å². The molecule has 0 radical (unpaired) electrons. The molecule has 1 aromatic carbocycles. The van der Waals surface area contributed by atoms with Gasteiger partial charge in [0, 0.05) is 11.1 Å². The second-order valence-corrected chi connectivity index (χ2v) is 5.56. The number of rotatable bonds is 2. The molecule has 0 unspecified atom stereocenters. The Labute approximate surface area is 127 Å². The lowest BCUT2D eigenvalue weighted by Gasteiger charge is -2.17. The van der Waals surface area contributed by atoms with Crippen LogP contribution in [0.3, 0.4) is 0 Å². The van der Waals surface area contributed by atoms with Gasteiger partial charge in [0.25, 0.3) is 0 Å². The van der Waals surface area contributed by atoms with E-state index >= 15 is 0 Å². The first-order valence-electron chi connectivity index (χ1n) is 6.14. The van der Waals surface area contributed by atoms with Crippen LogP contribution in [-0.2, 0) is 16.2 Å². The molecular formula is C14H9NO6S. The molecule has 0 saturated carbocycles. The van der Waals surface area contributed by atoms with Crippen LogP contribution < -0.4 is 10.1 Å². The third-order valence-electron chi connectivity index (χ3n) is 3.13. The summed E-state index contributed by atoms with van der Waals surface area (Å²) in [6.07, 6.45) is 0. The molecule has 0 saturated heterocycles. The van der Waals surface area contributed by atoms with Crippen molar-refractivity contribution in [2.45, 2.75) is 6.61 Å². The zero-order chi connectivity index (χ0) is 15.9. The number of amides is 1. The number of nitrogens with one attached hydrogen (secondary N) is 1. The summed E-state index contributed by atoms with van der Waals surface area (Å²) in [5.74, 6) is -3.66. The lowest BCUT2D eigenvalue weighted by Crippen LogP contribution is -2.22. The van der Waals surface area contributed by atoms with Gasteiger partial charge in [-0.25, -0.2) is 9.59 Å². The van der Waals surface area contributed by atoms with Crippen molar-refractivity contribution in [2.75, 3.05) is 5.32 Å². The monoisotopic (exact) mass is 319 g/mol. The van der Waals surface area contributed by atoms with Crippen molar-refractivity contribution in [1.29, 1.82) is 0 Å². The average molecular weight is 319 g/mol. The molecule has 0 bridgehead atoms. The summed E-state index contributed by atoms with van der Waals surface area (Å²) in [4.78, 5) is 34.2. The van der Waals surface area contributed by atoms with Crippen molar-refractivity contribution >= 4 is 34.2 Å². The van der Waals surface area contributed by atoms with E-state index in [1.54, 1.807) is 24.3 Å². The number of carbonyl (C=O) groups is 3. The SMILES string of the molecule is O=C(O)C(=O)Nc1sc2c(c1C(=O)O)-c1ccccc1OC2. The van der Waals surface area contributed by atoms with Gasteiger partial charge in [0.2, 0.25) is 0 Å². The molecule has 2 aromatic rings. The number of ether oxygens (including phenoxy) is 1. The predicted octanol–water partition coefficient (Wildman–Crippen LogP) is 2.03. The zero-order valence-corrected chi connectivity index (χ0v) is 11.8. The molecule has 1 aliphatic rings. The number of hydrogen-bond acceptors (Lipinski definition) is 5. The van der Waals surface area contributed by atoms with Crippen LogP contribution in [0.15, 0.2) is 24.3 Å². The maximum atomic E-state index is 11.6. The maximum Gasteiger partial charge on any atom is 0.394 e. The first kappa shape index (κ1) is 14.1. The Morgan fingerprint density at radius 3 is 2.59 bits per heavy atom. The Morgan fingerprint density at radius 2 is 1.91 bits per heavy atom. The number of benzene rings is 1. The number of thiophene rings is 1. The van der Waals surface area contributed by atoms with Crippen molar-refractivity contribution < 1.29 is 29.3 Å². The van der Waals surface area contributed by atoms with Gasteiger partial charge >= 0.3 is 17.8 Å². The molecule has 8 heteroatoms. The van der Waals surface area contributed by atoms with Gasteiger partial charge in [-0.2, -0.15) is 0 Å². The molecule has 1 amide bonds. The topological polar surface area (TPSA) is 113 Å². The fourth-order valence-electron chi connectivity index (χ4n) is 2.26. The Hall–Kier alpha value is -2.87. The minimum absolute atomic E-state index is 0.00907. The van der Waals surface area contributed by atoms with Crippen molar-refractivity contribution in [3.8, 4) is 16.9 Å². The van der Waals surface area contributed by atoms with E-state index in [4.69, 9.17) is 9.84 Å². The standard InChI is InChI=1S/C14H9NO6S/c16-11(14(19)20)15-12-10(13(17)18)9-6-3-1-2-4-7(6)21-5-8(9)22-12/h1-4H,5H2,(H,15,16)(H,17,18)(H,19,20). The van der Waals surface area contributed by atoms with E-state index in [1.807, 2.05) is 0 Å². The molecule has 3 N–H and O–H groups in total. The summed E-state index contributed by atoms with van der Waals surface area (Å²) in [5.41, 5.74) is 0.943. The van der Waals surface area contributed by atoms with Crippen LogP contribution in [0, 0.1) is 0 Å². The molecule has 1 aliphatic heterocycles. The molecule has 3 rings (SSSR count). The van der Waals surface area contributed by atoms with Crippen molar-refractivity contribution in [1.82, 2.24) is 0 Å². The van der Waals surface area contributed by atoms with Crippen LogP contribution >= 0.6 is 11.3 Å². The molecular weight excluding hydrogens is 310 g/mol. The molecule has 2 heterocycles. The number of hydrogen-bond donors (Lipinski definition) is 3. The third-order valence-corrected chi connectivity index (χ3v) is 4.21. The molecule has 0 spiro atoms. The summed E-state index contributed by atoms with van der Waals surface area (Å²) in [7, 11) is 0. The maximum absolute atomic E-state index is 11.6. The van der Waals surface area contributed by atoms with Gasteiger partial charge in [-0.05, 0) is 6.07 Å². The van der Waals surface area contributed by atoms with Gasteiger partial charge in [0.15, 0.2) is 0 Å². The van der Waals surface area contributed by atoms with Gasteiger partial charge in [-0.1, -0.05) is 18.2 Å². The Morgan fingerprint density at radius 1 is 1.18 bits per heavy atom. The number of carbonyl (C=O) groups excluding carboxylic acids is 1. The number of aromatic carboxylic acids is 1. The van der Waals surface area contributed by atoms with Gasteiger partial charge in [0.1, 0.15) is 22.9 Å². The predicted molar refractivity (Wildman–Crippen MR) is 77.3 cm³/mol. The average Bonchev–Trinajstić information content (AvgIpc) is 2.85. The highest BCUT2D eigenvalue weighted by atomic mass is 32.1. The van der Waals surface area contributed by atoms with Crippen LogP contribution in [0.1, 0.15) is 15.2 Å². The highest BCUT2D eigenvalue weighted by Crippen LogP contribution is 2.46. The van der Waals surface area contributed by atoms with Gasteiger partial charge in [-0.15, -0.1) is 11.3 Å². The minimum atomic E-state index is -1.68. The van der Waals surface area contributed by atoms with Crippen LogP contribution in [-0.4, -0.2) is 28.1 Å². The summed E-state index contributed by atoms with van der Waals surface area (Å²) < 4.78 is 5.54. The Balaban J connectivity index is 2.17. The molecule has 22 heavy (non-hydrogen) atoms. The van der Waals surface area contributed by atoms with E-state index in [1.165, 1.54) is 0 Å².